The molecular formula is C14H13FN4O2. The Labute approximate surface area is 121 Å². The molecule has 0 spiro atoms. The van der Waals surface area contributed by atoms with Crippen molar-refractivity contribution < 1.29 is 13.9 Å². The molecule has 1 aromatic heterocycles. The van der Waals surface area contributed by atoms with Crippen LogP contribution in [0, 0.1) is 17.1 Å². The third kappa shape index (κ3) is 3.17. The maximum Gasteiger partial charge on any atom is 0.262 e. The zero-order valence-electron chi connectivity index (χ0n) is 11.6. The molecule has 0 saturated heterocycles. The Balaban J connectivity index is 2.35. The van der Waals surface area contributed by atoms with E-state index in [4.69, 9.17) is 14.7 Å². The highest BCUT2D eigenvalue weighted by Crippen LogP contribution is 2.33. The molecule has 0 unspecified atom stereocenters. The van der Waals surface area contributed by atoms with Crippen LogP contribution < -0.4 is 14.8 Å². The highest BCUT2D eigenvalue weighted by Gasteiger charge is 2.15. The van der Waals surface area contributed by atoms with Crippen molar-refractivity contribution in [2.75, 3.05) is 19.0 Å². The van der Waals surface area contributed by atoms with Gasteiger partial charge in [-0.3, -0.25) is 0 Å². The number of aromatic nitrogens is 2. The van der Waals surface area contributed by atoms with E-state index in [2.05, 4.69) is 15.3 Å². The van der Waals surface area contributed by atoms with Crippen molar-refractivity contribution in [3.63, 3.8) is 0 Å². The summed E-state index contributed by atoms with van der Waals surface area (Å²) in [5.41, 5.74) is 0.413. The SMILES string of the molecule is CCOc1ncnc(Nc2ccc(C#N)cc2F)c1OC. The number of ether oxygens (including phenoxy) is 2. The minimum atomic E-state index is -0.562. The van der Waals surface area contributed by atoms with Gasteiger partial charge in [-0.25, -0.2) is 9.37 Å². The summed E-state index contributed by atoms with van der Waals surface area (Å²) in [7, 11) is 1.45. The standard InChI is InChI=1S/C14H13FN4O2/c1-3-21-14-12(20-2)13(17-8-18-14)19-11-5-4-9(7-16)6-10(11)15/h4-6,8H,3H2,1-2H3,(H,17,18,19). The predicted octanol–water partition coefficient (Wildman–Crippen LogP) is 2.64. The van der Waals surface area contributed by atoms with E-state index in [1.54, 1.807) is 0 Å². The Morgan fingerprint density at radius 2 is 2.19 bits per heavy atom. The molecular weight excluding hydrogens is 275 g/mol. The fourth-order valence-corrected chi connectivity index (χ4v) is 1.68. The molecule has 0 fully saturated rings. The summed E-state index contributed by atoms with van der Waals surface area (Å²) in [4.78, 5) is 7.97. The number of nitrogens with one attached hydrogen (secondary N) is 1. The maximum absolute atomic E-state index is 13.9. The van der Waals surface area contributed by atoms with Gasteiger partial charge >= 0.3 is 0 Å². The summed E-state index contributed by atoms with van der Waals surface area (Å²) in [5, 5.41) is 11.5. The molecule has 0 radical (unpaired) electrons. The van der Waals surface area contributed by atoms with Gasteiger partial charge in [0.1, 0.15) is 12.1 Å². The van der Waals surface area contributed by atoms with Gasteiger partial charge in [-0.2, -0.15) is 10.2 Å². The number of nitriles is 1. The third-order valence-corrected chi connectivity index (χ3v) is 2.61. The average Bonchev–Trinajstić information content (AvgIpc) is 2.50. The lowest BCUT2D eigenvalue weighted by Gasteiger charge is -2.13. The van der Waals surface area contributed by atoms with Gasteiger partial charge < -0.3 is 14.8 Å². The second kappa shape index (κ2) is 6.52. The van der Waals surface area contributed by atoms with Gasteiger partial charge in [0.25, 0.3) is 5.88 Å². The van der Waals surface area contributed by atoms with Crippen LogP contribution in [-0.4, -0.2) is 23.7 Å². The Morgan fingerprint density at radius 1 is 1.38 bits per heavy atom. The van der Waals surface area contributed by atoms with Crippen LogP contribution in [0.1, 0.15) is 12.5 Å². The molecule has 1 heterocycles. The largest absolute Gasteiger partial charge is 0.489 e. The van der Waals surface area contributed by atoms with Crippen molar-refractivity contribution >= 4 is 11.5 Å². The van der Waals surface area contributed by atoms with Gasteiger partial charge in [0, 0.05) is 0 Å². The molecule has 2 rings (SSSR count). The summed E-state index contributed by atoms with van der Waals surface area (Å²) >= 11 is 0. The molecule has 0 bridgehead atoms. The van der Waals surface area contributed by atoms with E-state index in [0.717, 1.165) is 6.07 Å². The van der Waals surface area contributed by atoms with Crippen molar-refractivity contribution in [3.8, 4) is 17.7 Å². The predicted molar refractivity (Wildman–Crippen MR) is 74.2 cm³/mol. The van der Waals surface area contributed by atoms with Crippen LogP contribution in [0.5, 0.6) is 11.6 Å². The molecule has 7 heteroatoms. The Kier molecular flexibility index (Phi) is 4.51. The summed E-state index contributed by atoms with van der Waals surface area (Å²) in [6.45, 7) is 2.23. The van der Waals surface area contributed by atoms with E-state index in [0.29, 0.717) is 6.61 Å². The highest BCUT2D eigenvalue weighted by molar-refractivity contribution is 5.65. The monoisotopic (exact) mass is 288 g/mol. The normalized spacial score (nSPS) is 9.81. The lowest BCUT2D eigenvalue weighted by atomic mass is 10.2. The summed E-state index contributed by atoms with van der Waals surface area (Å²) in [5.74, 6) is 0.266. The van der Waals surface area contributed by atoms with Gasteiger partial charge in [0.2, 0.25) is 5.75 Å². The Morgan fingerprint density at radius 3 is 2.81 bits per heavy atom. The van der Waals surface area contributed by atoms with E-state index in [1.807, 2.05) is 13.0 Å². The van der Waals surface area contributed by atoms with E-state index in [1.165, 1.54) is 25.6 Å². The molecule has 0 aliphatic heterocycles. The maximum atomic E-state index is 13.9. The van der Waals surface area contributed by atoms with Crippen LogP contribution in [-0.2, 0) is 0 Å². The van der Waals surface area contributed by atoms with Crippen LogP contribution >= 0.6 is 0 Å². The van der Waals surface area contributed by atoms with E-state index < -0.39 is 5.82 Å². The molecule has 21 heavy (non-hydrogen) atoms. The van der Waals surface area contributed by atoms with Gasteiger partial charge in [0.05, 0.1) is 31.0 Å². The van der Waals surface area contributed by atoms with Gasteiger partial charge in [-0.15, -0.1) is 0 Å². The molecule has 1 N–H and O–H groups in total. The van der Waals surface area contributed by atoms with Crippen LogP contribution in [0.25, 0.3) is 0 Å². The first-order chi connectivity index (χ1) is 10.2. The van der Waals surface area contributed by atoms with Gasteiger partial charge in [-0.05, 0) is 25.1 Å². The Bertz CT molecular complexity index is 685. The number of halogens is 1. The zero-order valence-corrected chi connectivity index (χ0v) is 11.6. The number of benzene rings is 1. The van der Waals surface area contributed by atoms with E-state index in [-0.39, 0.29) is 28.7 Å². The molecule has 0 amide bonds. The molecule has 0 atom stereocenters. The topological polar surface area (TPSA) is 80.1 Å². The molecule has 108 valence electrons. The van der Waals surface area contributed by atoms with Crippen molar-refractivity contribution in [2.45, 2.75) is 6.92 Å². The van der Waals surface area contributed by atoms with Crippen molar-refractivity contribution in [1.29, 1.82) is 5.26 Å². The van der Waals surface area contributed by atoms with Crippen LogP contribution in [0.3, 0.4) is 0 Å². The molecule has 0 aliphatic rings. The zero-order chi connectivity index (χ0) is 15.2. The van der Waals surface area contributed by atoms with Crippen molar-refractivity contribution in [3.05, 3.63) is 35.9 Å². The minimum Gasteiger partial charge on any atom is -0.489 e. The van der Waals surface area contributed by atoms with Gasteiger partial charge in [-0.1, -0.05) is 0 Å². The first-order valence-corrected chi connectivity index (χ1v) is 6.18. The molecule has 1 aromatic carbocycles. The van der Waals surface area contributed by atoms with Crippen LogP contribution in [0.15, 0.2) is 24.5 Å². The number of anilines is 2. The lowest BCUT2D eigenvalue weighted by Crippen LogP contribution is -2.04. The Hall–Kier alpha value is -2.88. The fraction of sp³-hybridized carbons (Fsp3) is 0.214. The second-order valence-corrected chi connectivity index (χ2v) is 3.93. The fourth-order valence-electron chi connectivity index (χ4n) is 1.68. The number of rotatable bonds is 5. The number of methoxy groups -OCH3 is 1. The van der Waals surface area contributed by atoms with Crippen molar-refractivity contribution in [1.82, 2.24) is 9.97 Å². The quantitative estimate of drug-likeness (QED) is 0.911. The minimum absolute atomic E-state index is 0.174. The number of hydrogen-bond acceptors (Lipinski definition) is 6. The lowest BCUT2D eigenvalue weighted by molar-refractivity contribution is 0.298. The van der Waals surface area contributed by atoms with Crippen LogP contribution in [0.4, 0.5) is 15.9 Å². The number of hydrogen-bond donors (Lipinski definition) is 1. The molecule has 6 nitrogen and oxygen atoms in total. The van der Waals surface area contributed by atoms with Crippen LogP contribution in [0.2, 0.25) is 0 Å². The summed E-state index contributed by atoms with van der Waals surface area (Å²) in [6, 6.07) is 5.96. The third-order valence-electron chi connectivity index (χ3n) is 2.61. The average molecular weight is 288 g/mol. The highest BCUT2D eigenvalue weighted by atomic mass is 19.1. The molecule has 2 aromatic rings. The number of nitrogens with zero attached hydrogens (tertiary/aromatic N) is 3. The van der Waals surface area contributed by atoms with Gasteiger partial charge in [0.15, 0.2) is 5.82 Å². The first-order valence-electron chi connectivity index (χ1n) is 6.18. The smallest absolute Gasteiger partial charge is 0.262 e. The second-order valence-electron chi connectivity index (χ2n) is 3.93. The molecule has 0 saturated carbocycles. The van der Waals surface area contributed by atoms with E-state index in [9.17, 15) is 4.39 Å². The van der Waals surface area contributed by atoms with Crippen molar-refractivity contribution in [2.24, 2.45) is 0 Å². The summed E-state index contributed by atoms with van der Waals surface area (Å²) < 4.78 is 24.4. The first kappa shape index (κ1) is 14.5. The summed E-state index contributed by atoms with van der Waals surface area (Å²) in [6.07, 6.45) is 1.29. The molecule has 0 aliphatic carbocycles. The van der Waals surface area contributed by atoms with E-state index >= 15 is 0 Å².